The van der Waals surface area contributed by atoms with E-state index in [1.807, 2.05) is 6.07 Å². The Bertz CT molecular complexity index is 603. The predicted octanol–water partition coefficient (Wildman–Crippen LogP) is 0.206. The zero-order valence-electron chi connectivity index (χ0n) is 13.1. The van der Waals surface area contributed by atoms with E-state index in [9.17, 15) is 4.79 Å². The Kier molecular flexibility index (Phi) is 5.51. The highest BCUT2D eigenvalue weighted by Crippen LogP contribution is 2.38. The number of benzene rings is 1. The molecule has 0 bridgehead atoms. The topological polar surface area (TPSA) is 29.3 Å². The van der Waals surface area contributed by atoms with Gasteiger partial charge in [-0.25, -0.2) is 4.79 Å². The largest absolute Gasteiger partial charge is 1.00 e. The van der Waals surface area contributed by atoms with Gasteiger partial charge in [0.15, 0.2) is 18.9 Å². The van der Waals surface area contributed by atoms with Gasteiger partial charge >= 0.3 is 5.97 Å². The number of esters is 1. The fraction of sp³-hybridized carbons (Fsp3) is 0.412. The fourth-order valence-corrected chi connectivity index (χ4v) is 2.59. The molecule has 0 saturated heterocycles. The highest BCUT2D eigenvalue weighted by molar-refractivity contribution is 5.93. The van der Waals surface area contributed by atoms with Crippen molar-refractivity contribution in [1.82, 2.24) is 0 Å². The van der Waals surface area contributed by atoms with Gasteiger partial charge in [0.05, 0.1) is 5.41 Å². The lowest BCUT2D eigenvalue weighted by Crippen LogP contribution is -3.00. The number of carbonyl (C=O) groups is 1. The summed E-state index contributed by atoms with van der Waals surface area (Å²) in [4.78, 5) is 11.4. The lowest BCUT2D eigenvalue weighted by Gasteiger charge is -2.14. The maximum Gasteiger partial charge on any atom is 0.333 e. The first-order chi connectivity index (χ1) is 9.35. The van der Waals surface area contributed by atoms with Crippen molar-refractivity contribution in [2.45, 2.75) is 33.1 Å². The van der Waals surface area contributed by atoms with Gasteiger partial charge in [0, 0.05) is 24.1 Å². The second-order valence-corrected chi connectivity index (χ2v) is 5.80. The molecule has 0 saturated carbocycles. The van der Waals surface area contributed by atoms with Crippen LogP contribution in [0.3, 0.4) is 0 Å². The molecule has 1 aromatic carbocycles. The molecule has 0 radical (unpaired) electrons. The minimum atomic E-state index is -0.325. The van der Waals surface area contributed by atoms with Gasteiger partial charge in [0.25, 0.3) is 0 Å². The van der Waals surface area contributed by atoms with E-state index in [4.69, 9.17) is 4.74 Å². The molecule has 2 rings (SSSR count). The smallest absolute Gasteiger partial charge is 0.333 e. The van der Waals surface area contributed by atoms with E-state index in [1.54, 1.807) is 6.92 Å². The van der Waals surface area contributed by atoms with Gasteiger partial charge in [-0.15, -0.1) is 0 Å². The lowest BCUT2D eigenvalue weighted by atomic mass is 9.82. The zero-order valence-corrected chi connectivity index (χ0v) is 14.7. The molecule has 0 amide bonds. The molecule has 114 valence electrons. The second kappa shape index (κ2) is 6.56. The third-order valence-electron chi connectivity index (χ3n) is 4.07. The van der Waals surface area contributed by atoms with Crippen molar-refractivity contribution in [2.24, 2.45) is 0 Å². The van der Waals surface area contributed by atoms with Crippen molar-refractivity contribution in [3.63, 3.8) is 0 Å². The Hall–Kier alpha value is -1.42. The average Bonchev–Trinajstić information content (AvgIpc) is 2.60. The number of hydrogen-bond donors (Lipinski definition) is 0. The molecule has 1 aliphatic rings. The molecule has 0 atom stereocenters. The van der Waals surface area contributed by atoms with E-state index in [-0.39, 0.29) is 28.4 Å². The van der Waals surface area contributed by atoms with Crippen LogP contribution >= 0.6 is 0 Å². The van der Waals surface area contributed by atoms with E-state index in [0.29, 0.717) is 18.7 Å². The van der Waals surface area contributed by atoms with Crippen LogP contribution in [-0.2, 0) is 14.9 Å². The molecule has 21 heavy (non-hydrogen) atoms. The normalized spacial score (nSPS) is 15.2. The first-order valence-electron chi connectivity index (χ1n) is 6.89. The van der Waals surface area contributed by atoms with Crippen LogP contribution in [0.15, 0.2) is 36.4 Å². The van der Waals surface area contributed by atoms with Crippen molar-refractivity contribution < 1.29 is 31.1 Å². The molecular weight excluding hydrogens is 330 g/mol. The van der Waals surface area contributed by atoms with Crippen LogP contribution in [0, 0.1) is 0 Å². The van der Waals surface area contributed by atoms with E-state index in [2.05, 4.69) is 50.1 Å². The van der Waals surface area contributed by atoms with Crippen molar-refractivity contribution in [3.8, 4) is 0 Å². The summed E-state index contributed by atoms with van der Waals surface area (Å²) in [5.74, 6) is -0.325. The van der Waals surface area contributed by atoms with Gasteiger partial charge in [-0.1, -0.05) is 24.8 Å². The molecule has 0 unspecified atom stereocenters. The van der Waals surface area contributed by atoms with Gasteiger partial charge in [0.1, 0.15) is 0 Å². The van der Waals surface area contributed by atoms with Gasteiger partial charge in [-0.05, 0) is 20.8 Å². The van der Waals surface area contributed by atoms with Crippen molar-refractivity contribution in [1.29, 1.82) is 0 Å². The molecule has 3 nitrogen and oxygen atoms in total. The highest BCUT2D eigenvalue weighted by atomic mass is 79.9. The summed E-state index contributed by atoms with van der Waals surface area (Å²) < 4.78 is 7.44. The summed E-state index contributed by atoms with van der Waals surface area (Å²) in [6.07, 6.45) is 0. The number of ether oxygens (including phenoxy) is 1. The van der Waals surface area contributed by atoms with Crippen LogP contribution < -0.4 is 17.0 Å². The minimum Gasteiger partial charge on any atom is -1.00 e. The number of halogens is 1. The van der Waals surface area contributed by atoms with Crippen LogP contribution in [0.25, 0.3) is 0 Å². The number of carbonyl (C=O) groups excluding carboxylic acids is 1. The summed E-state index contributed by atoms with van der Waals surface area (Å²) in [7, 11) is 0. The Morgan fingerprint density at radius 1 is 1.33 bits per heavy atom. The maximum atomic E-state index is 11.4. The van der Waals surface area contributed by atoms with Gasteiger partial charge in [-0.3, -0.25) is 0 Å². The van der Waals surface area contributed by atoms with Crippen molar-refractivity contribution in [2.75, 3.05) is 13.2 Å². The average molecular weight is 352 g/mol. The number of rotatable bonds is 4. The van der Waals surface area contributed by atoms with Crippen molar-refractivity contribution in [3.05, 3.63) is 42.0 Å². The summed E-state index contributed by atoms with van der Waals surface area (Å²) >= 11 is 0. The number of hydrogen-bond acceptors (Lipinski definition) is 2. The Morgan fingerprint density at radius 2 is 1.95 bits per heavy atom. The Labute approximate surface area is 137 Å². The molecule has 0 aliphatic carbocycles. The molecule has 1 aliphatic heterocycles. The van der Waals surface area contributed by atoms with Crippen LogP contribution in [0.4, 0.5) is 5.69 Å². The molecule has 4 heteroatoms. The van der Waals surface area contributed by atoms with Gasteiger partial charge in [-0.2, -0.15) is 4.58 Å². The molecule has 0 N–H and O–H groups in total. The molecule has 0 fully saturated rings. The monoisotopic (exact) mass is 351 g/mol. The molecule has 0 spiro atoms. The SMILES string of the molecule is C=C(C)C(=O)OCC[N+]1=C(C)C(C)(C)c2ccccc21.[Br-]. The predicted molar refractivity (Wildman–Crippen MR) is 80.7 cm³/mol. The van der Waals surface area contributed by atoms with Crippen LogP contribution in [-0.4, -0.2) is 29.4 Å². The summed E-state index contributed by atoms with van der Waals surface area (Å²) in [5.41, 5.74) is 4.28. The first kappa shape index (κ1) is 17.6. The zero-order chi connectivity index (χ0) is 14.9. The third kappa shape index (κ3) is 3.26. The third-order valence-corrected chi connectivity index (χ3v) is 4.07. The summed E-state index contributed by atoms with van der Waals surface area (Å²) in [6.45, 7) is 12.9. The second-order valence-electron chi connectivity index (χ2n) is 5.80. The van der Waals surface area contributed by atoms with E-state index in [0.717, 1.165) is 0 Å². The highest BCUT2D eigenvalue weighted by Gasteiger charge is 2.42. The number of para-hydroxylation sites is 1. The van der Waals surface area contributed by atoms with E-state index >= 15 is 0 Å². The molecular formula is C17H22BrNO2. The van der Waals surface area contributed by atoms with Gasteiger partial charge in [0.2, 0.25) is 5.69 Å². The fourth-order valence-electron chi connectivity index (χ4n) is 2.59. The van der Waals surface area contributed by atoms with Crippen LogP contribution in [0.5, 0.6) is 0 Å². The quantitative estimate of drug-likeness (QED) is 0.440. The lowest BCUT2D eigenvalue weighted by molar-refractivity contribution is -0.442. The maximum absolute atomic E-state index is 11.4. The Balaban J connectivity index is 0.00000220. The minimum absolute atomic E-state index is 0. The van der Waals surface area contributed by atoms with Crippen LogP contribution in [0.1, 0.15) is 33.3 Å². The van der Waals surface area contributed by atoms with E-state index < -0.39 is 0 Å². The summed E-state index contributed by atoms with van der Waals surface area (Å²) in [6, 6.07) is 8.39. The van der Waals surface area contributed by atoms with Gasteiger partial charge < -0.3 is 21.7 Å². The molecule has 1 aromatic rings. The van der Waals surface area contributed by atoms with E-state index in [1.165, 1.54) is 17.0 Å². The number of nitrogens with zero attached hydrogens (tertiary/aromatic N) is 1. The van der Waals surface area contributed by atoms with Crippen molar-refractivity contribution >= 4 is 17.4 Å². The molecule has 1 heterocycles. The summed E-state index contributed by atoms with van der Waals surface area (Å²) in [5, 5.41) is 0. The first-order valence-corrected chi connectivity index (χ1v) is 6.89. The standard InChI is InChI=1S/C17H22NO2.BrH/c1-12(2)16(19)20-11-10-18-13(3)17(4,5)14-8-6-7-9-15(14)18;/h6-9H,1,10-11H2,2-5H3;1H/q+1;/p-1. The number of fused-ring (bicyclic) bond motifs is 1. The Morgan fingerprint density at radius 3 is 2.57 bits per heavy atom. The molecule has 0 aromatic heterocycles. The van der Waals surface area contributed by atoms with Crippen LogP contribution in [0.2, 0.25) is 0 Å².